The van der Waals surface area contributed by atoms with Crippen LogP contribution in [0.5, 0.6) is 0 Å². The predicted octanol–water partition coefficient (Wildman–Crippen LogP) is 4.35. The third kappa shape index (κ3) is 8.10. The number of hydrogen-bond donors (Lipinski definition) is 1. The van der Waals surface area contributed by atoms with E-state index >= 15 is 0 Å². The number of likely N-dealkylation sites (tertiary alicyclic amines) is 1. The highest BCUT2D eigenvalue weighted by molar-refractivity contribution is 5.78. The van der Waals surface area contributed by atoms with Crippen LogP contribution in [0.4, 0.5) is 0 Å². The molecule has 4 atom stereocenters. The van der Waals surface area contributed by atoms with Crippen LogP contribution in [-0.2, 0) is 20.7 Å². The van der Waals surface area contributed by atoms with Gasteiger partial charge in [0.25, 0.3) is 0 Å². The van der Waals surface area contributed by atoms with Crippen LogP contribution >= 0.6 is 0 Å². The third-order valence-corrected chi connectivity index (χ3v) is 6.29. The van der Waals surface area contributed by atoms with Gasteiger partial charge in [-0.05, 0) is 50.5 Å². The fourth-order valence-corrected chi connectivity index (χ4v) is 4.32. The van der Waals surface area contributed by atoms with Gasteiger partial charge in [0.2, 0.25) is 11.8 Å². The second-order valence-electron chi connectivity index (χ2n) is 8.89. The molecule has 1 heterocycles. The second kappa shape index (κ2) is 12.7. The summed E-state index contributed by atoms with van der Waals surface area (Å²) in [6, 6.07) is 10.5. The fraction of sp³-hybridized carbons (Fsp3) is 0.680. The van der Waals surface area contributed by atoms with Gasteiger partial charge in [-0.25, -0.2) is 0 Å². The van der Waals surface area contributed by atoms with Crippen LogP contribution < -0.4 is 5.32 Å². The smallest absolute Gasteiger partial charge is 0.225 e. The van der Waals surface area contributed by atoms with Crippen molar-refractivity contribution in [1.82, 2.24) is 10.2 Å². The summed E-state index contributed by atoms with van der Waals surface area (Å²) in [5.41, 5.74) is 1.22. The summed E-state index contributed by atoms with van der Waals surface area (Å²) in [5.74, 6) is 0.800. The highest BCUT2D eigenvalue weighted by Gasteiger charge is 2.30. The Morgan fingerprint density at radius 1 is 1.23 bits per heavy atom. The van der Waals surface area contributed by atoms with Gasteiger partial charge < -0.3 is 15.0 Å². The summed E-state index contributed by atoms with van der Waals surface area (Å²) < 4.78 is 5.57. The van der Waals surface area contributed by atoms with Crippen molar-refractivity contribution < 1.29 is 14.3 Å². The molecule has 0 saturated carbocycles. The topological polar surface area (TPSA) is 58.6 Å². The van der Waals surface area contributed by atoms with E-state index in [4.69, 9.17) is 4.74 Å². The van der Waals surface area contributed by atoms with E-state index < -0.39 is 0 Å². The number of benzene rings is 1. The molecule has 1 aromatic rings. The maximum atomic E-state index is 12.9. The maximum absolute atomic E-state index is 12.9. The summed E-state index contributed by atoms with van der Waals surface area (Å²) in [6.45, 7) is 7.21. The van der Waals surface area contributed by atoms with Crippen LogP contribution in [0.3, 0.4) is 0 Å². The Hall–Kier alpha value is -1.88. The number of carbonyl (C=O) groups excluding carboxylic acids is 2. The van der Waals surface area contributed by atoms with Crippen molar-refractivity contribution in [1.29, 1.82) is 0 Å². The summed E-state index contributed by atoms with van der Waals surface area (Å²) in [7, 11) is 1.70. The van der Waals surface area contributed by atoms with Crippen molar-refractivity contribution in [2.75, 3.05) is 13.7 Å². The molecule has 0 spiro atoms. The molecule has 1 aliphatic rings. The van der Waals surface area contributed by atoms with E-state index in [2.05, 4.69) is 31.3 Å². The average Bonchev–Trinajstić information content (AvgIpc) is 3.21. The minimum absolute atomic E-state index is 0.0177. The molecule has 1 fully saturated rings. The van der Waals surface area contributed by atoms with Gasteiger partial charge in [0.15, 0.2) is 0 Å². The van der Waals surface area contributed by atoms with Gasteiger partial charge in [-0.3, -0.25) is 9.59 Å². The summed E-state index contributed by atoms with van der Waals surface area (Å²) in [6.07, 6.45) is 6.47. The van der Waals surface area contributed by atoms with Crippen LogP contribution in [0.2, 0.25) is 0 Å². The number of ether oxygens (including phenoxy) is 1. The first kappa shape index (κ1) is 24.4. The second-order valence-corrected chi connectivity index (χ2v) is 8.89. The molecule has 30 heavy (non-hydrogen) atoms. The molecule has 3 unspecified atom stereocenters. The van der Waals surface area contributed by atoms with E-state index in [0.29, 0.717) is 18.8 Å². The highest BCUT2D eigenvalue weighted by atomic mass is 16.5. The van der Waals surface area contributed by atoms with Gasteiger partial charge >= 0.3 is 0 Å². The first-order valence-corrected chi connectivity index (χ1v) is 11.6. The molecule has 168 valence electrons. The van der Waals surface area contributed by atoms with Crippen LogP contribution in [0.25, 0.3) is 0 Å². The van der Waals surface area contributed by atoms with Gasteiger partial charge in [-0.15, -0.1) is 0 Å². The molecule has 1 N–H and O–H groups in total. The molecule has 2 amide bonds. The average molecular weight is 417 g/mol. The van der Waals surface area contributed by atoms with Gasteiger partial charge in [0, 0.05) is 32.2 Å². The Bertz CT molecular complexity index is 649. The zero-order valence-corrected chi connectivity index (χ0v) is 19.2. The van der Waals surface area contributed by atoms with E-state index in [1.807, 2.05) is 30.0 Å². The van der Waals surface area contributed by atoms with E-state index in [1.165, 1.54) is 5.56 Å². The van der Waals surface area contributed by atoms with Crippen molar-refractivity contribution in [2.24, 2.45) is 5.92 Å². The molecule has 0 aliphatic carbocycles. The number of carbonyl (C=O) groups is 2. The molecule has 1 saturated heterocycles. The number of amides is 2. The van der Waals surface area contributed by atoms with Crippen LogP contribution in [0, 0.1) is 5.92 Å². The summed E-state index contributed by atoms with van der Waals surface area (Å²) in [4.78, 5) is 27.3. The number of methoxy groups -OCH3 is 1. The van der Waals surface area contributed by atoms with Crippen molar-refractivity contribution in [3.63, 3.8) is 0 Å². The minimum atomic E-state index is -0.0177. The predicted molar refractivity (Wildman–Crippen MR) is 121 cm³/mol. The Morgan fingerprint density at radius 3 is 2.63 bits per heavy atom. The van der Waals surface area contributed by atoms with Gasteiger partial charge in [-0.1, -0.05) is 50.6 Å². The quantitative estimate of drug-likeness (QED) is 0.551. The van der Waals surface area contributed by atoms with Gasteiger partial charge in [-0.2, -0.15) is 0 Å². The molecule has 5 nitrogen and oxygen atoms in total. The molecular formula is C25H40N2O3. The molecule has 0 bridgehead atoms. The zero-order valence-electron chi connectivity index (χ0n) is 19.2. The number of nitrogens with zero attached hydrogens (tertiary/aromatic N) is 1. The monoisotopic (exact) mass is 416 g/mol. The van der Waals surface area contributed by atoms with E-state index in [-0.39, 0.29) is 30.0 Å². The zero-order chi connectivity index (χ0) is 21.9. The van der Waals surface area contributed by atoms with Crippen LogP contribution in [0.1, 0.15) is 71.3 Å². The molecule has 0 aromatic heterocycles. The highest BCUT2D eigenvalue weighted by Crippen LogP contribution is 2.24. The molecular weight excluding hydrogens is 376 g/mol. The van der Waals surface area contributed by atoms with Crippen molar-refractivity contribution in [2.45, 2.75) is 90.3 Å². The Balaban J connectivity index is 1.77. The first-order chi connectivity index (χ1) is 14.4. The Morgan fingerprint density at radius 2 is 1.97 bits per heavy atom. The summed E-state index contributed by atoms with van der Waals surface area (Å²) in [5, 5.41) is 3.10. The minimum Gasteiger partial charge on any atom is -0.381 e. The molecule has 5 heteroatoms. The molecule has 0 radical (unpaired) electrons. The number of hydrogen-bond acceptors (Lipinski definition) is 3. The van der Waals surface area contributed by atoms with E-state index in [1.54, 1.807) is 7.11 Å². The lowest BCUT2D eigenvalue weighted by Crippen LogP contribution is -2.39. The van der Waals surface area contributed by atoms with Crippen LogP contribution in [-0.4, -0.2) is 48.6 Å². The van der Waals surface area contributed by atoms with Crippen molar-refractivity contribution in [3.05, 3.63) is 35.9 Å². The standard InChI is InChI=1S/C25H40N2O3/c1-5-19(2)16-23(30-4)18-25(29)27-15-9-12-22(27)13-14-24(28)26-20(3)17-21-10-7-6-8-11-21/h6-8,10-11,19-20,22-23H,5,9,12-18H2,1-4H3,(H,26,28)/t19?,20-,22?,23?/m1/s1. The normalized spacial score (nSPS) is 19.3. The third-order valence-electron chi connectivity index (χ3n) is 6.29. The lowest BCUT2D eigenvalue weighted by Gasteiger charge is -2.27. The lowest BCUT2D eigenvalue weighted by atomic mass is 9.98. The van der Waals surface area contributed by atoms with Crippen molar-refractivity contribution in [3.8, 4) is 0 Å². The Kier molecular flexibility index (Phi) is 10.4. The number of rotatable bonds is 12. The molecule has 1 aromatic carbocycles. The SMILES string of the molecule is CCC(C)CC(CC(=O)N1CCCC1CCC(=O)N[C@H](C)Cc1ccccc1)OC. The maximum Gasteiger partial charge on any atom is 0.225 e. The first-order valence-electron chi connectivity index (χ1n) is 11.6. The fourth-order valence-electron chi connectivity index (χ4n) is 4.32. The van der Waals surface area contributed by atoms with Gasteiger partial charge in [0.05, 0.1) is 12.5 Å². The van der Waals surface area contributed by atoms with E-state index in [0.717, 1.165) is 45.1 Å². The summed E-state index contributed by atoms with van der Waals surface area (Å²) >= 11 is 0. The molecule has 1 aliphatic heterocycles. The van der Waals surface area contributed by atoms with Crippen molar-refractivity contribution >= 4 is 11.8 Å². The molecule has 2 rings (SSSR count). The lowest BCUT2D eigenvalue weighted by molar-refractivity contribution is -0.135. The number of nitrogens with one attached hydrogen (secondary N) is 1. The largest absolute Gasteiger partial charge is 0.381 e. The van der Waals surface area contributed by atoms with Gasteiger partial charge in [0.1, 0.15) is 0 Å². The van der Waals surface area contributed by atoms with Crippen LogP contribution in [0.15, 0.2) is 30.3 Å². The van der Waals surface area contributed by atoms with E-state index in [9.17, 15) is 9.59 Å². The Labute approximate surface area is 182 Å².